The molecule has 0 radical (unpaired) electrons. The molecule has 0 aromatic carbocycles. The van der Waals surface area contributed by atoms with Gasteiger partial charge in [0.25, 0.3) is 0 Å². The van der Waals surface area contributed by atoms with Crippen molar-refractivity contribution in [2.24, 2.45) is 0 Å². The van der Waals surface area contributed by atoms with E-state index in [-0.39, 0.29) is 21.9 Å². The van der Waals surface area contributed by atoms with Gasteiger partial charge in [-0.15, -0.1) is 0 Å². The van der Waals surface area contributed by atoms with Crippen molar-refractivity contribution < 1.29 is 23.1 Å². The Hall–Kier alpha value is -2.17. The topological polar surface area (TPSA) is 74.0 Å². The van der Waals surface area contributed by atoms with Gasteiger partial charge in [-0.3, -0.25) is 9.78 Å². The monoisotopic (exact) mass is 328 g/mol. The van der Waals surface area contributed by atoms with Crippen LogP contribution in [0.1, 0.15) is 23.7 Å². The number of carbonyl (C=O) groups excluding carboxylic acids is 1. The van der Waals surface area contributed by atoms with Crippen molar-refractivity contribution in [3.8, 4) is 6.07 Å². The summed E-state index contributed by atoms with van der Waals surface area (Å²) in [7, 11) is 0. The number of hydrogen-bond donors (Lipinski definition) is 1. The van der Waals surface area contributed by atoms with Gasteiger partial charge in [-0.2, -0.15) is 18.4 Å². The smallest absolute Gasteiger partial charge is 0.384 e. The number of halogens is 4. The Morgan fingerprint density at radius 3 is 2.64 bits per heavy atom. The number of ketones is 1. The highest BCUT2D eigenvalue weighted by Crippen LogP contribution is 2.35. The van der Waals surface area contributed by atoms with Gasteiger partial charge in [-0.25, -0.2) is 0 Å². The Morgan fingerprint density at radius 2 is 2.09 bits per heavy atom. The van der Waals surface area contributed by atoms with Crippen molar-refractivity contribution in [2.45, 2.75) is 19.2 Å². The molecule has 1 atom stereocenters. The number of aliphatic hydroxyl groups excluding tert-OH is 1. The number of hydrogen-bond acceptors (Lipinski definition) is 4. The average molecular weight is 329 g/mol. The fraction of sp³-hybridized carbons (Fsp3) is 0.214. The second kappa shape index (κ2) is 5.55. The van der Waals surface area contributed by atoms with Gasteiger partial charge >= 0.3 is 6.18 Å². The van der Waals surface area contributed by atoms with Crippen LogP contribution < -0.4 is 0 Å². The van der Waals surface area contributed by atoms with Crippen molar-refractivity contribution in [3.63, 3.8) is 0 Å². The van der Waals surface area contributed by atoms with E-state index >= 15 is 0 Å². The first-order valence-corrected chi connectivity index (χ1v) is 6.32. The number of nitrogens with zero attached hydrogens (tertiary/aromatic N) is 2. The fourth-order valence-electron chi connectivity index (χ4n) is 1.98. The lowest BCUT2D eigenvalue weighted by atomic mass is 9.91. The third-order valence-electron chi connectivity index (χ3n) is 3.18. The highest BCUT2D eigenvalue weighted by molar-refractivity contribution is 6.45. The molecule has 0 spiro atoms. The molecule has 0 aliphatic heterocycles. The lowest BCUT2D eigenvalue weighted by molar-refractivity contribution is -0.137. The third-order valence-corrected chi connectivity index (χ3v) is 3.66. The molecular formula is C14H8ClF3N2O2. The molecule has 1 heterocycles. The molecule has 1 aromatic heterocycles. The lowest BCUT2D eigenvalue weighted by Crippen LogP contribution is -2.21. The fourth-order valence-corrected chi connectivity index (χ4v) is 2.14. The molecule has 114 valence electrons. The van der Waals surface area contributed by atoms with Crippen LogP contribution in [0.3, 0.4) is 0 Å². The number of carbonyl (C=O) groups is 1. The number of rotatable bonds is 1. The van der Waals surface area contributed by atoms with E-state index in [1.165, 1.54) is 13.0 Å². The number of aliphatic hydroxyl groups is 1. The van der Waals surface area contributed by atoms with Gasteiger partial charge in [0.05, 0.1) is 21.9 Å². The summed E-state index contributed by atoms with van der Waals surface area (Å²) in [6, 6.07) is 2.04. The molecule has 4 nitrogen and oxygen atoms in total. The minimum absolute atomic E-state index is 0.0955. The van der Waals surface area contributed by atoms with Crippen LogP contribution in [-0.2, 0) is 11.0 Å². The highest BCUT2D eigenvalue weighted by Gasteiger charge is 2.35. The number of allylic oxidation sites excluding steroid dienone is 2. The Bertz CT molecular complexity index is 760. The summed E-state index contributed by atoms with van der Waals surface area (Å²) in [4.78, 5) is 15.4. The number of alkyl halides is 3. The maximum atomic E-state index is 12.9. The summed E-state index contributed by atoms with van der Waals surface area (Å²) in [6.07, 6.45) is -4.40. The van der Waals surface area contributed by atoms with E-state index in [2.05, 4.69) is 4.98 Å². The van der Waals surface area contributed by atoms with Gasteiger partial charge in [0, 0.05) is 11.8 Å². The van der Waals surface area contributed by atoms with Crippen LogP contribution in [0.2, 0.25) is 0 Å². The average Bonchev–Trinajstić information content (AvgIpc) is 2.47. The molecule has 1 N–H and O–H groups in total. The minimum Gasteiger partial charge on any atom is -0.384 e. The van der Waals surface area contributed by atoms with Crippen LogP contribution in [0.25, 0.3) is 5.57 Å². The zero-order valence-electron chi connectivity index (χ0n) is 11.1. The normalized spacial score (nSPS) is 19.0. The van der Waals surface area contributed by atoms with Crippen LogP contribution in [-0.4, -0.2) is 22.0 Å². The summed E-state index contributed by atoms with van der Waals surface area (Å²) < 4.78 is 38.8. The molecule has 0 bridgehead atoms. The molecule has 1 aromatic rings. The Morgan fingerprint density at radius 1 is 1.45 bits per heavy atom. The van der Waals surface area contributed by atoms with Gasteiger partial charge in [-0.05, 0) is 24.6 Å². The van der Waals surface area contributed by atoms with Gasteiger partial charge in [0.1, 0.15) is 12.2 Å². The predicted molar refractivity (Wildman–Crippen MR) is 71.5 cm³/mol. The van der Waals surface area contributed by atoms with E-state index in [0.29, 0.717) is 6.07 Å². The Balaban J connectivity index is 2.59. The van der Waals surface area contributed by atoms with Gasteiger partial charge < -0.3 is 5.11 Å². The van der Waals surface area contributed by atoms with E-state index in [9.17, 15) is 23.1 Å². The van der Waals surface area contributed by atoms with Crippen molar-refractivity contribution in [3.05, 3.63) is 45.8 Å². The molecule has 0 saturated heterocycles. The van der Waals surface area contributed by atoms with Crippen LogP contribution >= 0.6 is 11.6 Å². The molecule has 0 saturated carbocycles. The van der Waals surface area contributed by atoms with E-state index in [0.717, 1.165) is 12.3 Å². The quantitative estimate of drug-likeness (QED) is 0.860. The van der Waals surface area contributed by atoms with E-state index in [4.69, 9.17) is 16.9 Å². The summed E-state index contributed by atoms with van der Waals surface area (Å²) in [5.74, 6) is -0.626. The predicted octanol–water partition coefficient (Wildman–Crippen LogP) is 2.81. The molecule has 2 rings (SSSR count). The summed E-state index contributed by atoms with van der Waals surface area (Å²) >= 11 is 5.70. The first-order chi connectivity index (χ1) is 10.2. The van der Waals surface area contributed by atoms with E-state index in [1.54, 1.807) is 0 Å². The maximum absolute atomic E-state index is 12.9. The number of nitriles is 1. The second-order valence-corrected chi connectivity index (χ2v) is 4.97. The summed E-state index contributed by atoms with van der Waals surface area (Å²) in [5.41, 5.74) is -2.03. The first kappa shape index (κ1) is 16.2. The Labute approximate surface area is 128 Å². The van der Waals surface area contributed by atoms with Gasteiger partial charge in [0.2, 0.25) is 0 Å². The molecule has 1 aliphatic rings. The number of pyridine rings is 1. The SMILES string of the molecule is CC1=C(Cl)C(=O)C=C(c2cc(C(F)(F)F)c(C#N)cn2)C1O. The van der Waals surface area contributed by atoms with Gasteiger partial charge in [0.15, 0.2) is 5.78 Å². The van der Waals surface area contributed by atoms with E-state index < -0.39 is 29.2 Å². The minimum atomic E-state index is -4.75. The molecule has 8 heteroatoms. The zero-order chi connectivity index (χ0) is 16.7. The maximum Gasteiger partial charge on any atom is 0.417 e. The second-order valence-electron chi connectivity index (χ2n) is 4.59. The van der Waals surface area contributed by atoms with Crippen LogP contribution in [0, 0.1) is 11.3 Å². The molecule has 1 aliphatic carbocycles. The van der Waals surface area contributed by atoms with Crippen LogP contribution in [0.4, 0.5) is 13.2 Å². The highest BCUT2D eigenvalue weighted by atomic mass is 35.5. The lowest BCUT2D eigenvalue weighted by Gasteiger charge is -2.21. The summed E-state index contributed by atoms with van der Waals surface area (Å²) in [6.45, 7) is 1.40. The van der Waals surface area contributed by atoms with Crippen molar-refractivity contribution in [2.75, 3.05) is 0 Å². The molecular weight excluding hydrogens is 321 g/mol. The third kappa shape index (κ3) is 2.75. The van der Waals surface area contributed by atoms with Crippen LogP contribution in [0.5, 0.6) is 0 Å². The molecule has 0 fully saturated rings. The molecule has 1 unspecified atom stereocenters. The standard InChI is InChI=1S/C14H8ClF3N2O2/c1-6-12(15)11(21)2-8(13(6)22)10-3-9(14(16,17)18)7(4-19)5-20-10/h2-3,5,13,22H,1H3. The van der Waals surface area contributed by atoms with E-state index in [1.807, 2.05) is 0 Å². The zero-order valence-corrected chi connectivity index (χ0v) is 11.8. The van der Waals surface area contributed by atoms with Gasteiger partial charge in [-0.1, -0.05) is 11.6 Å². The first-order valence-electron chi connectivity index (χ1n) is 5.94. The van der Waals surface area contributed by atoms with Crippen molar-refractivity contribution >= 4 is 23.0 Å². The summed E-state index contributed by atoms with van der Waals surface area (Å²) in [5, 5.41) is 18.6. The molecule has 0 amide bonds. The molecule has 22 heavy (non-hydrogen) atoms. The Kier molecular flexibility index (Phi) is 4.09. The van der Waals surface area contributed by atoms with Crippen molar-refractivity contribution in [1.29, 1.82) is 5.26 Å². The van der Waals surface area contributed by atoms with Crippen molar-refractivity contribution in [1.82, 2.24) is 4.98 Å². The number of aromatic nitrogens is 1. The van der Waals surface area contributed by atoms with Crippen LogP contribution in [0.15, 0.2) is 28.9 Å². The largest absolute Gasteiger partial charge is 0.417 e.